The minimum absolute atomic E-state index is 0.710. The molecule has 1 N–H and O–H groups in total. The molecule has 0 amide bonds. The minimum Gasteiger partial charge on any atom is -0.496 e. The summed E-state index contributed by atoms with van der Waals surface area (Å²) in [6, 6.07) is 9.25. The molecule has 2 atom stereocenters. The average Bonchev–Trinajstić information content (AvgIpc) is 3.29. The Labute approximate surface area is 123 Å². The molecule has 20 heavy (non-hydrogen) atoms. The first-order valence-corrected chi connectivity index (χ1v) is 8.08. The van der Waals surface area contributed by atoms with Gasteiger partial charge in [-0.15, -0.1) is 0 Å². The van der Waals surface area contributed by atoms with Gasteiger partial charge in [0.25, 0.3) is 0 Å². The molecule has 1 aliphatic carbocycles. The van der Waals surface area contributed by atoms with Gasteiger partial charge in [0, 0.05) is 6.04 Å². The molecule has 0 spiro atoms. The van der Waals surface area contributed by atoms with Crippen LogP contribution in [0.25, 0.3) is 0 Å². The van der Waals surface area contributed by atoms with Crippen molar-refractivity contribution in [2.45, 2.75) is 52.0 Å². The second-order valence-electron chi connectivity index (χ2n) is 6.31. The highest BCUT2D eigenvalue weighted by Gasteiger charge is 2.23. The third kappa shape index (κ3) is 4.82. The fraction of sp³-hybridized carbons (Fsp3) is 0.667. The van der Waals surface area contributed by atoms with E-state index in [0.717, 1.165) is 30.7 Å². The molecule has 0 radical (unpaired) electrons. The number of hydrogen-bond donors (Lipinski definition) is 1. The van der Waals surface area contributed by atoms with Crippen LogP contribution in [0.2, 0.25) is 0 Å². The summed E-state index contributed by atoms with van der Waals surface area (Å²) in [7, 11) is 1.77. The van der Waals surface area contributed by atoms with E-state index in [1.165, 1.54) is 31.2 Å². The van der Waals surface area contributed by atoms with Crippen molar-refractivity contribution in [1.29, 1.82) is 0 Å². The summed E-state index contributed by atoms with van der Waals surface area (Å²) in [5.41, 5.74) is 1.35. The lowest BCUT2D eigenvalue weighted by Crippen LogP contribution is -2.27. The van der Waals surface area contributed by atoms with Gasteiger partial charge in [-0.1, -0.05) is 38.5 Å². The van der Waals surface area contributed by atoms with Crippen molar-refractivity contribution in [3.8, 4) is 5.75 Å². The lowest BCUT2D eigenvalue weighted by Gasteiger charge is -2.22. The van der Waals surface area contributed by atoms with E-state index in [-0.39, 0.29) is 0 Å². The summed E-state index contributed by atoms with van der Waals surface area (Å²) in [4.78, 5) is 0. The van der Waals surface area contributed by atoms with E-state index in [4.69, 9.17) is 4.74 Å². The zero-order chi connectivity index (χ0) is 14.4. The van der Waals surface area contributed by atoms with E-state index in [1.807, 2.05) is 0 Å². The van der Waals surface area contributed by atoms with Crippen LogP contribution >= 0.6 is 0 Å². The van der Waals surface area contributed by atoms with E-state index >= 15 is 0 Å². The van der Waals surface area contributed by atoms with Crippen LogP contribution in [-0.2, 0) is 6.42 Å². The lowest BCUT2D eigenvalue weighted by molar-refractivity contribution is 0.354. The SMILES string of the molecule is CCC(C)CC(CNC1CC1)Cc1ccccc1OC. The van der Waals surface area contributed by atoms with Crippen LogP contribution in [-0.4, -0.2) is 19.7 Å². The normalized spacial score (nSPS) is 17.8. The van der Waals surface area contributed by atoms with E-state index in [9.17, 15) is 0 Å². The number of ether oxygens (including phenoxy) is 1. The van der Waals surface area contributed by atoms with Gasteiger partial charge < -0.3 is 10.1 Å². The second kappa shape index (κ2) is 7.68. The fourth-order valence-corrected chi connectivity index (χ4v) is 2.78. The molecule has 0 saturated heterocycles. The molecule has 112 valence electrons. The maximum absolute atomic E-state index is 5.50. The van der Waals surface area contributed by atoms with Gasteiger partial charge in [-0.3, -0.25) is 0 Å². The molecule has 0 bridgehead atoms. The van der Waals surface area contributed by atoms with Crippen LogP contribution in [0.4, 0.5) is 0 Å². The molecule has 2 nitrogen and oxygen atoms in total. The number of para-hydroxylation sites is 1. The Morgan fingerprint density at radius 2 is 2.05 bits per heavy atom. The standard InChI is InChI=1S/C18H29NO/c1-4-14(2)11-15(13-19-17-9-10-17)12-16-7-5-6-8-18(16)20-3/h5-8,14-15,17,19H,4,9-13H2,1-3H3. The number of rotatable bonds is 9. The Bertz CT molecular complexity index is 400. The molecular weight excluding hydrogens is 246 g/mol. The Morgan fingerprint density at radius 1 is 1.30 bits per heavy atom. The highest BCUT2D eigenvalue weighted by molar-refractivity contribution is 5.33. The van der Waals surface area contributed by atoms with E-state index in [0.29, 0.717) is 5.92 Å². The zero-order valence-corrected chi connectivity index (χ0v) is 13.2. The van der Waals surface area contributed by atoms with Crippen LogP contribution in [0.5, 0.6) is 5.75 Å². The molecule has 2 unspecified atom stereocenters. The number of nitrogens with one attached hydrogen (secondary N) is 1. The van der Waals surface area contributed by atoms with Crippen molar-refractivity contribution >= 4 is 0 Å². The van der Waals surface area contributed by atoms with Crippen LogP contribution in [0.15, 0.2) is 24.3 Å². The Morgan fingerprint density at radius 3 is 2.70 bits per heavy atom. The first-order valence-electron chi connectivity index (χ1n) is 8.08. The highest BCUT2D eigenvalue weighted by Crippen LogP contribution is 2.26. The third-order valence-corrected chi connectivity index (χ3v) is 4.41. The van der Waals surface area contributed by atoms with Gasteiger partial charge in [-0.2, -0.15) is 0 Å². The van der Waals surface area contributed by atoms with Crippen molar-refractivity contribution in [2.75, 3.05) is 13.7 Å². The van der Waals surface area contributed by atoms with Crippen LogP contribution in [0, 0.1) is 11.8 Å². The van der Waals surface area contributed by atoms with Gasteiger partial charge in [0.15, 0.2) is 0 Å². The van der Waals surface area contributed by atoms with Gasteiger partial charge >= 0.3 is 0 Å². The number of methoxy groups -OCH3 is 1. The summed E-state index contributed by atoms with van der Waals surface area (Å²) < 4.78 is 5.50. The quantitative estimate of drug-likeness (QED) is 0.734. The number of hydrogen-bond acceptors (Lipinski definition) is 2. The molecule has 0 aromatic heterocycles. The Balaban J connectivity index is 1.96. The van der Waals surface area contributed by atoms with Gasteiger partial charge in [0.05, 0.1) is 7.11 Å². The maximum Gasteiger partial charge on any atom is 0.122 e. The van der Waals surface area contributed by atoms with Gasteiger partial charge in [0.1, 0.15) is 5.75 Å². The molecule has 1 fully saturated rings. The smallest absolute Gasteiger partial charge is 0.122 e. The predicted molar refractivity (Wildman–Crippen MR) is 85.3 cm³/mol. The average molecular weight is 275 g/mol. The summed E-state index contributed by atoms with van der Waals surface area (Å²) >= 11 is 0. The van der Waals surface area contributed by atoms with Crippen molar-refractivity contribution in [3.63, 3.8) is 0 Å². The monoisotopic (exact) mass is 275 g/mol. The molecule has 0 aliphatic heterocycles. The fourth-order valence-electron chi connectivity index (χ4n) is 2.78. The van der Waals surface area contributed by atoms with Crippen LogP contribution < -0.4 is 10.1 Å². The van der Waals surface area contributed by atoms with Gasteiger partial charge in [0.2, 0.25) is 0 Å². The maximum atomic E-state index is 5.50. The molecular formula is C18H29NO. The Kier molecular flexibility index (Phi) is 5.90. The van der Waals surface area contributed by atoms with Crippen molar-refractivity contribution < 1.29 is 4.74 Å². The predicted octanol–water partition coefficient (Wildman–Crippen LogP) is 4.04. The first kappa shape index (κ1) is 15.4. The summed E-state index contributed by atoms with van der Waals surface area (Å²) in [6.45, 7) is 5.80. The van der Waals surface area contributed by atoms with E-state index in [2.05, 4.69) is 43.4 Å². The molecule has 1 aromatic rings. The Hall–Kier alpha value is -1.02. The molecule has 2 heteroatoms. The number of benzene rings is 1. The van der Waals surface area contributed by atoms with Crippen molar-refractivity contribution in [1.82, 2.24) is 5.32 Å². The van der Waals surface area contributed by atoms with Crippen molar-refractivity contribution in [3.05, 3.63) is 29.8 Å². The highest BCUT2D eigenvalue weighted by atomic mass is 16.5. The first-order chi connectivity index (χ1) is 9.72. The summed E-state index contributed by atoms with van der Waals surface area (Å²) in [5.74, 6) is 2.55. The van der Waals surface area contributed by atoms with Crippen LogP contribution in [0.3, 0.4) is 0 Å². The van der Waals surface area contributed by atoms with Gasteiger partial charge in [-0.05, 0) is 55.7 Å². The minimum atomic E-state index is 0.710. The van der Waals surface area contributed by atoms with E-state index < -0.39 is 0 Å². The summed E-state index contributed by atoms with van der Waals surface area (Å²) in [6.07, 6.45) is 6.42. The molecule has 0 heterocycles. The van der Waals surface area contributed by atoms with Crippen LogP contribution in [0.1, 0.15) is 45.1 Å². The van der Waals surface area contributed by atoms with E-state index in [1.54, 1.807) is 7.11 Å². The molecule has 2 rings (SSSR count). The molecule has 1 saturated carbocycles. The van der Waals surface area contributed by atoms with Crippen molar-refractivity contribution in [2.24, 2.45) is 11.8 Å². The molecule has 1 aliphatic rings. The third-order valence-electron chi connectivity index (χ3n) is 4.41. The summed E-state index contributed by atoms with van der Waals surface area (Å²) in [5, 5.41) is 3.70. The molecule has 1 aromatic carbocycles. The zero-order valence-electron chi connectivity index (χ0n) is 13.2. The topological polar surface area (TPSA) is 21.3 Å². The largest absolute Gasteiger partial charge is 0.496 e. The van der Waals surface area contributed by atoms with Gasteiger partial charge in [-0.25, -0.2) is 0 Å². The lowest BCUT2D eigenvalue weighted by atomic mass is 9.88. The second-order valence-corrected chi connectivity index (χ2v) is 6.31.